The fraction of sp³-hybridized carbons (Fsp3) is 0.857. The van der Waals surface area contributed by atoms with E-state index >= 15 is 0 Å². The van der Waals surface area contributed by atoms with Crippen molar-refractivity contribution in [3.05, 3.63) is 0 Å². The van der Waals surface area contributed by atoms with Gasteiger partial charge in [-0.2, -0.15) is 0 Å². The number of quaternary nitrogens is 1. The van der Waals surface area contributed by atoms with E-state index in [2.05, 4.69) is 21.1 Å². The second-order valence-corrected chi connectivity index (χ2v) is 5.79. The average Bonchev–Trinajstić information content (AvgIpc) is 2.26. The number of aliphatic hydroxyl groups excluding tert-OH is 1. The molecule has 120 valence electrons. The predicted molar refractivity (Wildman–Crippen MR) is 77.6 cm³/mol. The third kappa shape index (κ3) is 25.6. The standard InChI is InChI=1S/C9H16O4.C5H14NO/c10-8(11)6-4-2-1-3-5-7-9(12)13;1-6(2,3)4-5-7/h1-7H2,(H,10,11)(H,12,13);7H,4-5H2,1-3H3/q;+1. The van der Waals surface area contributed by atoms with E-state index < -0.39 is 11.9 Å². The molecule has 0 heterocycles. The van der Waals surface area contributed by atoms with Gasteiger partial charge in [-0.15, -0.1) is 0 Å². The molecular weight excluding hydrogens is 262 g/mol. The zero-order chi connectivity index (χ0) is 16.0. The molecule has 0 radical (unpaired) electrons. The highest BCUT2D eigenvalue weighted by atomic mass is 16.4. The van der Waals surface area contributed by atoms with Crippen LogP contribution in [-0.2, 0) is 9.59 Å². The molecule has 6 nitrogen and oxygen atoms in total. The monoisotopic (exact) mass is 292 g/mol. The minimum absolute atomic E-state index is 0.221. The third-order valence-corrected chi connectivity index (χ3v) is 2.55. The Bertz CT molecular complexity index is 243. The minimum atomic E-state index is -0.759. The molecule has 3 N–H and O–H groups in total. The Hall–Kier alpha value is -1.14. The number of nitrogens with zero attached hydrogens (tertiary/aromatic N) is 1. The van der Waals surface area contributed by atoms with Crippen LogP contribution in [0.5, 0.6) is 0 Å². The van der Waals surface area contributed by atoms with Crippen molar-refractivity contribution in [1.29, 1.82) is 0 Å². The van der Waals surface area contributed by atoms with Gasteiger partial charge >= 0.3 is 11.9 Å². The maximum atomic E-state index is 10.1. The summed E-state index contributed by atoms with van der Waals surface area (Å²) in [6.07, 6.45) is 4.53. The summed E-state index contributed by atoms with van der Waals surface area (Å²) in [7, 11) is 6.16. The highest BCUT2D eigenvalue weighted by Gasteiger charge is 2.02. The molecule has 0 unspecified atom stereocenters. The normalized spacial score (nSPS) is 10.6. The molecule has 0 fully saturated rings. The molecule has 20 heavy (non-hydrogen) atoms. The van der Waals surface area contributed by atoms with Crippen LogP contribution in [-0.4, -0.2) is 66.0 Å². The van der Waals surface area contributed by atoms with Crippen molar-refractivity contribution in [2.24, 2.45) is 0 Å². The fourth-order valence-electron chi connectivity index (χ4n) is 1.38. The van der Waals surface area contributed by atoms with Gasteiger partial charge in [0.1, 0.15) is 6.54 Å². The Morgan fingerprint density at radius 2 is 1.15 bits per heavy atom. The van der Waals surface area contributed by atoms with Crippen LogP contribution in [0.3, 0.4) is 0 Å². The number of hydrogen-bond donors (Lipinski definition) is 3. The topological polar surface area (TPSA) is 94.8 Å². The van der Waals surface area contributed by atoms with Gasteiger partial charge in [-0.1, -0.05) is 19.3 Å². The third-order valence-electron chi connectivity index (χ3n) is 2.55. The van der Waals surface area contributed by atoms with Crippen LogP contribution in [0.2, 0.25) is 0 Å². The molecule has 0 aromatic carbocycles. The zero-order valence-corrected chi connectivity index (χ0v) is 13.0. The van der Waals surface area contributed by atoms with Crippen LogP contribution >= 0.6 is 0 Å². The second kappa shape index (κ2) is 12.9. The van der Waals surface area contributed by atoms with Crippen molar-refractivity contribution in [3.63, 3.8) is 0 Å². The number of carboxylic acids is 2. The van der Waals surface area contributed by atoms with Gasteiger partial charge < -0.3 is 19.8 Å². The van der Waals surface area contributed by atoms with Crippen LogP contribution in [0.25, 0.3) is 0 Å². The molecule has 0 aliphatic rings. The lowest BCUT2D eigenvalue weighted by Gasteiger charge is -2.21. The quantitative estimate of drug-likeness (QED) is 0.420. The number of unbranched alkanes of at least 4 members (excludes halogenated alkanes) is 4. The zero-order valence-electron chi connectivity index (χ0n) is 13.0. The summed E-state index contributed by atoms with van der Waals surface area (Å²) >= 11 is 0. The van der Waals surface area contributed by atoms with Gasteiger partial charge in [0.25, 0.3) is 0 Å². The molecule has 0 aromatic rings. The highest BCUT2D eigenvalue weighted by Crippen LogP contribution is 2.06. The highest BCUT2D eigenvalue weighted by molar-refractivity contribution is 5.66. The number of rotatable bonds is 10. The van der Waals surface area contributed by atoms with Crippen LogP contribution < -0.4 is 0 Å². The lowest BCUT2D eigenvalue weighted by Crippen LogP contribution is -2.36. The van der Waals surface area contributed by atoms with Crippen LogP contribution in [0, 0.1) is 0 Å². The average molecular weight is 292 g/mol. The summed E-state index contributed by atoms with van der Waals surface area (Å²) < 4.78 is 0.844. The molecule has 0 saturated carbocycles. The van der Waals surface area contributed by atoms with E-state index in [9.17, 15) is 9.59 Å². The predicted octanol–water partition coefficient (Wildman–Crippen LogP) is 1.57. The summed E-state index contributed by atoms with van der Waals surface area (Å²) in [6, 6.07) is 0. The van der Waals surface area contributed by atoms with E-state index in [1.165, 1.54) is 0 Å². The van der Waals surface area contributed by atoms with Crippen molar-refractivity contribution >= 4 is 11.9 Å². The largest absolute Gasteiger partial charge is 0.481 e. The van der Waals surface area contributed by atoms with Crippen LogP contribution in [0.15, 0.2) is 0 Å². The van der Waals surface area contributed by atoms with E-state index in [0.717, 1.165) is 30.3 Å². The number of aliphatic hydroxyl groups is 1. The number of carbonyl (C=O) groups is 2. The number of carboxylic acid groups (broad SMARTS) is 2. The van der Waals surface area contributed by atoms with Crippen molar-refractivity contribution in [2.75, 3.05) is 34.3 Å². The smallest absolute Gasteiger partial charge is 0.303 e. The van der Waals surface area contributed by atoms with Gasteiger partial charge in [-0.25, -0.2) is 0 Å². The van der Waals surface area contributed by atoms with Crippen LogP contribution in [0.4, 0.5) is 0 Å². The summed E-state index contributed by atoms with van der Waals surface area (Å²) in [6.45, 7) is 1.11. The number of likely N-dealkylation sites (N-methyl/N-ethyl adjacent to an activating group) is 1. The lowest BCUT2D eigenvalue weighted by molar-refractivity contribution is -0.870. The number of aliphatic carboxylic acids is 2. The molecule has 0 amide bonds. The second-order valence-electron chi connectivity index (χ2n) is 5.79. The Morgan fingerprint density at radius 3 is 1.35 bits per heavy atom. The van der Waals surface area contributed by atoms with Crippen molar-refractivity contribution in [2.45, 2.75) is 44.9 Å². The first-order valence-corrected chi connectivity index (χ1v) is 7.04. The van der Waals surface area contributed by atoms with E-state index in [4.69, 9.17) is 15.3 Å². The van der Waals surface area contributed by atoms with E-state index in [1.807, 2.05) is 0 Å². The van der Waals surface area contributed by atoms with Crippen molar-refractivity contribution in [3.8, 4) is 0 Å². The fourth-order valence-corrected chi connectivity index (χ4v) is 1.38. The maximum Gasteiger partial charge on any atom is 0.303 e. The van der Waals surface area contributed by atoms with Crippen LogP contribution in [0.1, 0.15) is 44.9 Å². The van der Waals surface area contributed by atoms with Gasteiger partial charge in [0.05, 0.1) is 27.7 Å². The van der Waals surface area contributed by atoms with Gasteiger partial charge in [0.2, 0.25) is 0 Å². The molecule has 0 rings (SSSR count). The summed E-state index contributed by atoms with van der Waals surface area (Å²) in [5.74, 6) is -1.52. The first kappa shape index (κ1) is 21.2. The molecule has 0 spiro atoms. The van der Waals surface area contributed by atoms with E-state index in [1.54, 1.807) is 0 Å². The Labute approximate surface area is 121 Å². The Kier molecular flexibility index (Phi) is 13.6. The molecule has 0 aliphatic heterocycles. The summed E-state index contributed by atoms with van der Waals surface area (Å²) in [4.78, 5) is 20.2. The first-order chi connectivity index (χ1) is 9.19. The van der Waals surface area contributed by atoms with Gasteiger partial charge in [0, 0.05) is 12.8 Å². The molecule has 0 bridgehead atoms. The van der Waals surface area contributed by atoms with Crippen molar-refractivity contribution in [1.82, 2.24) is 0 Å². The minimum Gasteiger partial charge on any atom is -0.481 e. The Morgan fingerprint density at radius 1 is 0.800 bits per heavy atom. The SMILES string of the molecule is C[N+](C)(C)CCO.O=C(O)CCCCCCCC(=O)O. The van der Waals surface area contributed by atoms with Gasteiger partial charge in [-0.05, 0) is 12.8 Å². The summed E-state index contributed by atoms with van der Waals surface area (Å²) in [5.41, 5.74) is 0. The van der Waals surface area contributed by atoms with Gasteiger partial charge in [-0.3, -0.25) is 9.59 Å². The van der Waals surface area contributed by atoms with E-state index in [-0.39, 0.29) is 19.4 Å². The van der Waals surface area contributed by atoms with Crippen molar-refractivity contribution < 1.29 is 29.4 Å². The molecular formula is C14H30NO5+. The van der Waals surface area contributed by atoms with Gasteiger partial charge in [0.15, 0.2) is 0 Å². The number of hydrogen-bond acceptors (Lipinski definition) is 3. The molecule has 6 heteroatoms. The summed E-state index contributed by atoms with van der Waals surface area (Å²) in [5, 5.41) is 25.0. The maximum absolute atomic E-state index is 10.1. The molecule has 0 aromatic heterocycles. The Balaban J connectivity index is 0. The lowest BCUT2D eigenvalue weighted by atomic mass is 10.1. The molecule has 0 atom stereocenters. The molecule has 0 saturated heterocycles. The first-order valence-electron chi connectivity index (χ1n) is 7.04. The molecule has 0 aliphatic carbocycles. The van der Waals surface area contributed by atoms with E-state index in [0.29, 0.717) is 12.8 Å².